The molecule has 4 N–H and O–H groups in total. The van der Waals surface area contributed by atoms with Crippen LogP contribution in [0.1, 0.15) is 58.8 Å². The lowest BCUT2D eigenvalue weighted by Gasteiger charge is -2.36. The van der Waals surface area contributed by atoms with Gasteiger partial charge in [-0.3, -0.25) is 14.5 Å². The Kier molecular flexibility index (Phi) is 6.21. The van der Waals surface area contributed by atoms with E-state index in [9.17, 15) is 14.4 Å². The number of nitrogens with zero attached hydrogens (tertiary/aromatic N) is 1. The maximum absolute atomic E-state index is 12.8. The van der Waals surface area contributed by atoms with Crippen LogP contribution in [0.4, 0.5) is 4.79 Å². The van der Waals surface area contributed by atoms with Crippen molar-refractivity contribution in [2.75, 3.05) is 13.1 Å². The van der Waals surface area contributed by atoms with Crippen molar-refractivity contribution >= 4 is 17.8 Å². The minimum absolute atomic E-state index is 0.0945. The highest BCUT2D eigenvalue weighted by Crippen LogP contribution is 2.38. The summed E-state index contributed by atoms with van der Waals surface area (Å²) in [6.07, 6.45) is 6.37. The zero-order chi connectivity index (χ0) is 17.7. The van der Waals surface area contributed by atoms with Crippen LogP contribution in [0.15, 0.2) is 0 Å². The summed E-state index contributed by atoms with van der Waals surface area (Å²) >= 11 is 0. The highest BCUT2D eigenvalue weighted by atomic mass is 16.2. The maximum atomic E-state index is 12.8. The number of unbranched alkanes of at least 4 members (excludes halogenated alkanes) is 1. The monoisotopic (exact) mass is 338 g/mol. The molecule has 0 radical (unpaired) electrons. The zero-order valence-electron chi connectivity index (χ0n) is 14.8. The number of hydrogen-bond donors (Lipinski definition) is 3. The molecule has 1 heterocycles. The molecule has 1 spiro atoms. The Hall–Kier alpha value is -1.63. The second kappa shape index (κ2) is 7.96. The van der Waals surface area contributed by atoms with Crippen molar-refractivity contribution in [3.05, 3.63) is 0 Å². The Labute approximate surface area is 143 Å². The van der Waals surface area contributed by atoms with Crippen LogP contribution in [0.5, 0.6) is 0 Å². The molecule has 136 valence electrons. The first-order chi connectivity index (χ1) is 11.4. The van der Waals surface area contributed by atoms with Crippen LogP contribution in [0.25, 0.3) is 0 Å². The van der Waals surface area contributed by atoms with Crippen molar-refractivity contribution in [3.63, 3.8) is 0 Å². The van der Waals surface area contributed by atoms with Crippen LogP contribution in [-0.4, -0.2) is 47.4 Å². The minimum atomic E-state index is -0.814. The Morgan fingerprint density at radius 3 is 2.83 bits per heavy atom. The molecule has 7 heteroatoms. The molecule has 2 fully saturated rings. The first-order valence-electron chi connectivity index (χ1n) is 9.08. The Bertz CT molecular complexity index is 496. The van der Waals surface area contributed by atoms with Gasteiger partial charge in [-0.2, -0.15) is 0 Å². The average Bonchev–Trinajstić information content (AvgIpc) is 2.79. The summed E-state index contributed by atoms with van der Waals surface area (Å²) in [6, 6.07) is -0.567. The minimum Gasteiger partial charge on any atom is -0.351 e. The summed E-state index contributed by atoms with van der Waals surface area (Å²) in [5, 5.41) is 5.69. The van der Waals surface area contributed by atoms with E-state index in [-0.39, 0.29) is 30.3 Å². The Morgan fingerprint density at radius 1 is 1.46 bits per heavy atom. The molecule has 2 rings (SSSR count). The number of urea groups is 1. The van der Waals surface area contributed by atoms with Crippen molar-refractivity contribution in [3.8, 4) is 0 Å². The molecule has 0 aromatic heterocycles. The fourth-order valence-electron chi connectivity index (χ4n) is 3.76. The van der Waals surface area contributed by atoms with Gasteiger partial charge in [-0.15, -0.1) is 0 Å². The molecule has 0 aromatic carbocycles. The number of carbonyl (C=O) groups is 3. The molecule has 3 atom stereocenters. The fourth-order valence-corrected chi connectivity index (χ4v) is 3.76. The van der Waals surface area contributed by atoms with Gasteiger partial charge < -0.3 is 16.4 Å². The van der Waals surface area contributed by atoms with Crippen LogP contribution in [0.3, 0.4) is 0 Å². The molecule has 1 saturated heterocycles. The first-order valence-corrected chi connectivity index (χ1v) is 9.08. The third kappa shape index (κ3) is 3.71. The molecular formula is C17H30N4O3. The van der Waals surface area contributed by atoms with Gasteiger partial charge in [0.1, 0.15) is 12.1 Å². The summed E-state index contributed by atoms with van der Waals surface area (Å²) in [5.41, 5.74) is 4.87. The number of nitrogens with two attached hydrogens (primary N) is 1. The molecule has 24 heavy (non-hydrogen) atoms. The lowest BCUT2D eigenvalue weighted by atomic mass is 9.73. The summed E-state index contributed by atoms with van der Waals surface area (Å²) in [5.74, 6) is -0.490. The molecule has 3 unspecified atom stereocenters. The van der Waals surface area contributed by atoms with Crippen molar-refractivity contribution < 1.29 is 14.4 Å². The van der Waals surface area contributed by atoms with E-state index in [2.05, 4.69) is 17.6 Å². The number of carbonyl (C=O) groups excluding carboxylic acids is 3. The average molecular weight is 338 g/mol. The van der Waals surface area contributed by atoms with E-state index in [1.807, 2.05) is 6.92 Å². The Morgan fingerprint density at radius 2 is 2.21 bits per heavy atom. The molecule has 0 bridgehead atoms. The number of rotatable bonds is 7. The van der Waals surface area contributed by atoms with Gasteiger partial charge >= 0.3 is 6.03 Å². The van der Waals surface area contributed by atoms with Gasteiger partial charge in [0.15, 0.2) is 0 Å². The van der Waals surface area contributed by atoms with Crippen molar-refractivity contribution in [1.82, 2.24) is 15.5 Å². The van der Waals surface area contributed by atoms with Gasteiger partial charge in [-0.05, 0) is 25.2 Å². The lowest BCUT2D eigenvalue weighted by Crippen LogP contribution is -2.54. The van der Waals surface area contributed by atoms with Crippen LogP contribution >= 0.6 is 0 Å². The molecule has 1 aliphatic carbocycles. The molecule has 7 nitrogen and oxygen atoms in total. The first kappa shape index (κ1) is 18.7. The second-order valence-electron chi connectivity index (χ2n) is 7.08. The van der Waals surface area contributed by atoms with Gasteiger partial charge in [-0.1, -0.05) is 39.5 Å². The standard InChI is InChI=1S/C17H30N4O3/c1-3-4-8-13(10-18)19-14(22)11-21-15(23)17(20-16(21)24)9-6-5-7-12(17)2/h12-13H,3-11,18H2,1-2H3,(H,19,22)(H,20,24). The van der Waals surface area contributed by atoms with Crippen LogP contribution in [-0.2, 0) is 9.59 Å². The molecule has 1 aliphatic heterocycles. The molecule has 2 aliphatic rings. The van der Waals surface area contributed by atoms with Crippen LogP contribution in [0.2, 0.25) is 0 Å². The third-order valence-corrected chi connectivity index (χ3v) is 5.36. The second-order valence-corrected chi connectivity index (χ2v) is 7.08. The number of imide groups is 1. The van der Waals surface area contributed by atoms with E-state index in [1.54, 1.807) is 0 Å². The van der Waals surface area contributed by atoms with Crippen molar-refractivity contribution in [2.24, 2.45) is 11.7 Å². The predicted octanol–water partition coefficient (Wildman–Crippen LogP) is 1.12. The molecule has 1 saturated carbocycles. The number of amides is 4. The van der Waals surface area contributed by atoms with Crippen LogP contribution in [0, 0.1) is 5.92 Å². The smallest absolute Gasteiger partial charge is 0.325 e. The van der Waals surface area contributed by atoms with Crippen molar-refractivity contribution in [2.45, 2.75) is 70.4 Å². The normalized spacial score (nSPS) is 28.1. The van der Waals surface area contributed by atoms with Gasteiger partial charge in [0.25, 0.3) is 5.91 Å². The van der Waals surface area contributed by atoms with Gasteiger partial charge in [0.05, 0.1) is 0 Å². The largest absolute Gasteiger partial charge is 0.351 e. The summed E-state index contributed by atoms with van der Waals surface area (Å²) < 4.78 is 0. The number of hydrogen-bond acceptors (Lipinski definition) is 4. The van der Waals surface area contributed by atoms with Gasteiger partial charge in [0, 0.05) is 12.6 Å². The highest BCUT2D eigenvalue weighted by molar-refractivity contribution is 6.09. The Balaban J connectivity index is 1.98. The van der Waals surface area contributed by atoms with Crippen molar-refractivity contribution in [1.29, 1.82) is 0 Å². The van der Waals surface area contributed by atoms with Gasteiger partial charge in [-0.25, -0.2) is 4.79 Å². The number of nitrogens with one attached hydrogen (secondary N) is 2. The zero-order valence-corrected chi connectivity index (χ0v) is 14.8. The summed E-state index contributed by atoms with van der Waals surface area (Å²) in [4.78, 5) is 38.4. The van der Waals surface area contributed by atoms with E-state index >= 15 is 0 Å². The van der Waals surface area contributed by atoms with E-state index < -0.39 is 11.6 Å². The van der Waals surface area contributed by atoms with E-state index in [0.29, 0.717) is 13.0 Å². The van der Waals surface area contributed by atoms with E-state index in [1.165, 1.54) is 0 Å². The van der Waals surface area contributed by atoms with E-state index in [0.717, 1.165) is 43.4 Å². The highest BCUT2D eigenvalue weighted by Gasteiger charge is 2.55. The predicted molar refractivity (Wildman–Crippen MR) is 91.1 cm³/mol. The summed E-state index contributed by atoms with van der Waals surface area (Å²) in [7, 11) is 0. The SMILES string of the molecule is CCCCC(CN)NC(=O)CN1C(=O)NC2(CCCCC2C)C1=O. The molecular weight excluding hydrogens is 308 g/mol. The fraction of sp³-hybridized carbons (Fsp3) is 0.824. The quantitative estimate of drug-likeness (QED) is 0.605. The molecule has 0 aromatic rings. The topological polar surface area (TPSA) is 105 Å². The third-order valence-electron chi connectivity index (χ3n) is 5.36. The van der Waals surface area contributed by atoms with E-state index in [4.69, 9.17) is 5.73 Å². The summed E-state index contributed by atoms with van der Waals surface area (Å²) in [6.45, 7) is 4.19. The lowest BCUT2D eigenvalue weighted by molar-refractivity contribution is -0.137. The van der Waals surface area contributed by atoms with Gasteiger partial charge in [0.2, 0.25) is 5.91 Å². The molecule has 4 amide bonds. The van der Waals surface area contributed by atoms with Crippen LogP contribution < -0.4 is 16.4 Å². The maximum Gasteiger partial charge on any atom is 0.325 e.